The van der Waals surface area contributed by atoms with Crippen LogP contribution < -0.4 is 4.90 Å². The predicted octanol–water partition coefficient (Wildman–Crippen LogP) is 5.12. The van der Waals surface area contributed by atoms with Gasteiger partial charge < -0.3 is 0 Å². The number of imide groups is 1. The predicted molar refractivity (Wildman–Crippen MR) is 99.7 cm³/mol. The smallest absolute Gasteiger partial charge is 0.238 e. The molecule has 2 aliphatic rings. The molecular formula is C20H16ClN3O2. The van der Waals surface area contributed by atoms with Gasteiger partial charge in [0.1, 0.15) is 0 Å². The summed E-state index contributed by atoms with van der Waals surface area (Å²) < 4.78 is 0. The van der Waals surface area contributed by atoms with E-state index in [0.717, 1.165) is 5.69 Å². The summed E-state index contributed by atoms with van der Waals surface area (Å²) in [5.74, 6) is -0.983. The number of rotatable bonds is 3. The molecule has 4 rings (SSSR count). The van der Waals surface area contributed by atoms with Crippen molar-refractivity contribution in [2.24, 2.45) is 22.1 Å². The van der Waals surface area contributed by atoms with Crippen LogP contribution in [0.4, 0.5) is 17.1 Å². The summed E-state index contributed by atoms with van der Waals surface area (Å²) in [6, 6.07) is 16.4. The summed E-state index contributed by atoms with van der Waals surface area (Å²) in [5, 5.41) is 8.99. The zero-order valence-corrected chi connectivity index (χ0v) is 14.6. The van der Waals surface area contributed by atoms with Crippen molar-refractivity contribution in [3.8, 4) is 0 Å². The molecule has 1 aliphatic heterocycles. The Morgan fingerprint density at radius 3 is 2.15 bits per heavy atom. The molecule has 6 heteroatoms. The summed E-state index contributed by atoms with van der Waals surface area (Å²) in [6.07, 6.45) is 2.80. The van der Waals surface area contributed by atoms with Crippen molar-refractivity contribution < 1.29 is 9.59 Å². The lowest BCUT2D eigenvalue weighted by molar-refractivity contribution is -0.122. The average molecular weight is 366 g/mol. The summed E-state index contributed by atoms with van der Waals surface area (Å²) in [4.78, 5) is 26.6. The van der Waals surface area contributed by atoms with E-state index >= 15 is 0 Å². The van der Waals surface area contributed by atoms with Gasteiger partial charge in [-0.15, -0.1) is 0 Å². The third kappa shape index (κ3) is 3.06. The highest BCUT2D eigenvalue weighted by Crippen LogP contribution is 2.40. The minimum absolute atomic E-state index is 0.154. The zero-order chi connectivity index (χ0) is 18.1. The Morgan fingerprint density at radius 1 is 0.846 bits per heavy atom. The third-order valence-corrected chi connectivity index (χ3v) is 5.02. The molecule has 5 nitrogen and oxygen atoms in total. The molecule has 0 N–H and O–H groups in total. The number of hydrogen-bond acceptors (Lipinski definition) is 4. The van der Waals surface area contributed by atoms with Crippen LogP contribution in [0.15, 0.2) is 75.9 Å². The number of azo groups is 1. The van der Waals surface area contributed by atoms with Gasteiger partial charge in [-0.3, -0.25) is 14.5 Å². The summed E-state index contributed by atoms with van der Waals surface area (Å²) in [7, 11) is 0. The third-order valence-electron chi connectivity index (χ3n) is 4.71. The van der Waals surface area contributed by atoms with Crippen LogP contribution in [0.5, 0.6) is 0 Å². The van der Waals surface area contributed by atoms with Crippen molar-refractivity contribution in [3.05, 3.63) is 65.7 Å². The molecule has 0 radical (unpaired) electrons. The molecule has 0 spiro atoms. The first-order valence-corrected chi connectivity index (χ1v) is 8.80. The molecule has 26 heavy (non-hydrogen) atoms. The van der Waals surface area contributed by atoms with Crippen molar-refractivity contribution in [1.29, 1.82) is 0 Å². The number of benzene rings is 2. The lowest BCUT2D eigenvalue weighted by Crippen LogP contribution is -2.30. The molecule has 0 saturated carbocycles. The lowest BCUT2D eigenvalue weighted by Gasteiger charge is -2.17. The van der Waals surface area contributed by atoms with Crippen LogP contribution >= 0.6 is 11.6 Å². The first kappa shape index (κ1) is 16.7. The minimum Gasteiger partial charge on any atom is -0.274 e. The van der Waals surface area contributed by atoms with E-state index in [1.165, 1.54) is 4.90 Å². The largest absolute Gasteiger partial charge is 0.274 e. The van der Waals surface area contributed by atoms with Crippen LogP contribution in [-0.2, 0) is 9.59 Å². The molecule has 0 unspecified atom stereocenters. The molecule has 1 heterocycles. The van der Waals surface area contributed by atoms with Crippen LogP contribution in [0.2, 0.25) is 0 Å². The van der Waals surface area contributed by atoms with E-state index in [0.29, 0.717) is 29.2 Å². The highest BCUT2D eigenvalue weighted by molar-refractivity contribution is 6.30. The van der Waals surface area contributed by atoms with E-state index in [4.69, 9.17) is 11.6 Å². The number of fused-ring (bicyclic) bond motifs is 1. The number of anilines is 1. The van der Waals surface area contributed by atoms with Crippen molar-refractivity contribution in [1.82, 2.24) is 0 Å². The van der Waals surface area contributed by atoms with Crippen LogP contribution in [0.1, 0.15) is 12.8 Å². The molecule has 1 aliphatic carbocycles. The Hall–Kier alpha value is -2.79. The van der Waals surface area contributed by atoms with Crippen molar-refractivity contribution >= 4 is 40.5 Å². The SMILES string of the molecule is O=C1[C@H]2CC(Cl)=CC[C@H]2C(=O)N1c1ccc(N=Nc2ccccc2)cc1. The second-order valence-corrected chi connectivity index (χ2v) is 6.85. The van der Waals surface area contributed by atoms with E-state index in [1.807, 2.05) is 36.4 Å². The molecular weight excluding hydrogens is 350 g/mol. The Kier molecular flexibility index (Phi) is 4.39. The lowest BCUT2D eigenvalue weighted by atomic mass is 9.85. The van der Waals surface area contributed by atoms with Crippen LogP contribution in [0.3, 0.4) is 0 Å². The maximum atomic E-state index is 12.7. The summed E-state index contributed by atoms with van der Waals surface area (Å²) in [5.41, 5.74) is 1.97. The second kappa shape index (κ2) is 6.84. The first-order chi connectivity index (χ1) is 12.6. The molecule has 0 aromatic heterocycles. The van der Waals surface area contributed by atoms with Gasteiger partial charge in [0.25, 0.3) is 0 Å². The van der Waals surface area contributed by atoms with Gasteiger partial charge in [-0.2, -0.15) is 10.2 Å². The Morgan fingerprint density at radius 2 is 1.46 bits per heavy atom. The van der Waals surface area contributed by atoms with E-state index in [-0.39, 0.29) is 23.7 Å². The Labute approximate surface area is 156 Å². The topological polar surface area (TPSA) is 62.1 Å². The number of allylic oxidation sites excluding steroid dienone is 2. The van der Waals surface area contributed by atoms with Gasteiger partial charge in [0.05, 0.1) is 28.9 Å². The first-order valence-electron chi connectivity index (χ1n) is 8.42. The molecule has 0 bridgehead atoms. The molecule has 2 amide bonds. The highest BCUT2D eigenvalue weighted by atomic mass is 35.5. The fourth-order valence-corrected chi connectivity index (χ4v) is 3.62. The number of hydrogen-bond donors (Lipinski definition) is 0. The molecule has 1 saturated heterocycles. The quantitative estimate of drug-likeness (QED) is 0.559. The van der Waals surface area contributed by atoms with Crippen LogP contribution in [-0.4, -0.2) is 11.8 Å². The van der Waals surface area contributed by atoms with Gasteiger partial charge in [0, 0.05) is 5.03 Å². The standard InChI is InChI=1S/C20H16ClN3O2/c21-13-6-11-17-18(12-13)20(26)24(19(17)25)16-9-7-15(8-10-16)23-22-14-4-2-1-3-5-14/h1-10,17-18H,11-12H2/t17-,18+/m1/s1. The number of amides is 2. The molecule has 1 fully saturated rings. The van der Waals surface area contributed by atoms with Gasteiger partial charge >= 0.3 is 0 Å². The van der Waals surface area contributed by atoms with Gasteiger partial charge in [0.2, 0.25) is 11.8 Å². The van der Waals surface area contributed by atoms with E-state index in [2.05, 4.69) is 10.2 Å². The second-order valence-electron chi connectivity index (χ2n) is 6.37. The van der Waals surface area contributed by atoms with Crippen LogP contribution in [0.25, 0.3) is 0 Å². The maximum absolute atomic E-state index is 12.7. The van der Waals surface area contributed by atoms with E-state index < -0.39 is 0 Å². The Balaban J connectivity index is 1.53. The average Bonchev–Trinajstić information content (AvgIpc) is 2.91. The van der Waals surface area contributed by atoms with Crippen molar-refractivity contribution in [3.63, 3.8) is 0 Å². The van der Waals surface area contributed by atoms with Gasteiger partial charge in [-0.1, -0.05) is 35.9 Å². The molecule has 2 aromatic rings. The fourth-order valence-electron chi connectivity index (χ4n) is 3.36. The Bertz CT molecular complexity index is 906. The summed E-state index contributed by atoms with van der Waals surface area (Å²) >= 11 is 6.05. The van der Waals surface area contributed by atoms with Crippen LogP contribution in [0, 0.1) is 11.8 Å². The van der Waals surface area contributed by atoms with E-state index in [1.54, 1.807) is 24.3 Å². The minimum atomic E-state index is -0.350. The monoisotopic (exact) mass is 365 g/mol. The number of carbonyl (C=O) groups excluding carboxylic acids is 2. The number of nitrogens with zero attached hydrogens (tertiary/aromatic N) is 3. The maximum Gasteiger partial charge on any atom is 0.238 e. The van der Waals surface area contributed by atoms with Gasteiger partial charge in [-0.25, -0.2) is 0 Å². The number of carbonyl (C=O) groups is 2. The van der Waals surface area contributed by atoms with Crippen molar-refractivity contribution in [2.75, 3.05) is 4.90 Å². The van der Waals surface area contributed by atoms with Crippen molar-refractivity contribution in [2.45, 2.75) is 12.8 Å². The zero-order valence-electron chi connectivity index (χ0n) is 13.9. The molecule has 130 valence electrons. The summed E-state index contributed by atoms with van der Waals surface area (Å²) in [6.45, 7) is 0. The number of halogens is 1. The van der Waals surface area contributed by atoms with Gasteiger partial charge in [-0.05, 0) is 49.2 Å². The van der Waals surface area contributed by atoms with Gasteiger partial charge in [0.15, 0.2) is 0 Å². The molecule has 2 aromatic carbocycles. The normalized spacial score (nSPS) is 22.7. The van der Waals surface area contributed by atoms with E-state index in [9.17, 15) is 9.59 Å². The fraction of sp³-hybridized carbons (Fsp3) is 0.200. The molecule has 2 atom stereocenters. The highest BCUT2D eigenvalue weighted by Gasteiger charge is 2.48.